The first-order valence-corrected chi connectivity index (χ1v) is 8.77. The number of hydrogen-bond donors (Lipinski definition) is 2. The highest BCUT2D eigenvalue weighted by Crippen LogP contribution is 2.20. The third-order valence-corrected chi connectivity index (χ3v) is 4.61. The second-order valence-corrected chi connectivity index (χ2v) is 6.69. The van der Waals surface area contributed by atoms with Gasteiger partial charge in [0.2, 0.25) is 0 Å². The van der Waals surface area contributed by atoms with Gasteiger partial charge in [-0.1, -0.05) is 17.7 Å². The van der Waals surface area contributed by atoms with E-state index >= 15 is 0 Å². The van der Waals surface area contributed by atoms with Crippen molar-refractivity contribution in [3.05, 3.63) is 64.9 Å². The van der Waals surface area contributed by atoms with Gasteiger partial charge >= 0.3 is 0 Å². The van der Waals surface area contributed by atoms with E-state index in [0.29, 0.717) is 16.1 Å². The minimum absolute atomic E-state index is 0.0444. The van der Waals surface area contributed by atoms with Gasteiger partial charge in [0, 0.05) is 40.6 Å². The van der Waals surface area contributed by atoms with Crippen molar-refractivity contribution in [3.8, 4) is 0 Å². The van der Waals surface area contributed by atoms with E-state index in [-0.39, 0.29) is 23.9 Å². The van der Waals surface area contributed by atoms with Crippen LogP contribution in [0.15, 0.2) is 48.8 Å². The van der Waals surface area contributed by atoms with Crippen molar-refractivity contribution < 1.29 is 9.59 Å². The monoisotopic (exact) mass is 357 g/mol. The summed E-state index contributed by atoms with van der Waals surface area (Å²) in [6.07, 6.45) is 6.72. The lowest BCUT2D eigenvalue weighted by Gasteiger charge is -2.30. The number of carbonyl (C=O) groups excluding carboxylic acids is 2. The standard InChI is InChI=1S/C19H20ClN3O2/c20-15-4-1-3-14(11-15)19(25)23-17-6-2-5-16(12-17)22-18(24)13-7-9-21-10-8-13/h1,3-4,7-11,16-17H,2,5-6,12H2,(H,22,24)(H,23,25)/t16-,17-/m1/s1. The Balaban J connectivity index is 1.56. The van der Waals surface area contributed by atoms with E-state index in [4.69, 9.17) is 11.6 Å². The predicted octanol–water partition coefficient (Wildman–Crippen LogP) is 3.21. The van der Waals surface area contributed by atoms with E-state index in [1.54, 1.807) is 48.8 Å². The van der Waals surface area contributed by atoms with Crippen LogP contribution < -0.4 is 10.6 Å². The largest absolute Gasteiger partial charge is 0.349 e. The number of amides is 2. The molecule has 2 amide bonds. The Morgan fingerprint density at radius 3 is 2.24 bits per heavy atom. The van der Waals surface area contributed by atoms with Crippen LogP contribution in [0.5, 0.6) is 0 Å². The Kier molecular flexibility index (Phi) is 5.66. The molecule has 0 radical (unpaired) electrons. The molecular formula is C19H20ClN3O2. The van der Waals surface area contributed by atoms with Crippen LogP contribution >= 0.6 is 11.6 Å². The van der Waals surface area contributed by atoms with Crippen molar-refractivity contribution in [2.75, 3.05) is 0 Å². The zero-order chi connectivity index (χ0) is 17.6. The molecule has 0 saturated heterocycles. The van der Waals surface area contributed by atoms with Crippen LogP contribution in [-0.4, -0.2) is 28.9 Å². The quantitative estimate of drug-likeness (QED) is 0.882. The van der Waals surface area contributed by atoms with Gasteiger partial charge in [-0.15, -0.1) is 0 Å². The molecule has 0 bridgehead atoms. The minimum atomic E-state index is -0.131. The Morgan fingerprint density at radius 1 is 0.960 bits per heavy atom. The number of hydrogen-bond acceptors (Lipinski definition) is 3. The lowest BCUT2D eigenvalue weighted by atomic mass is 9.90. The van der Waals surface area contributed by atoms with Crippen LogP contribution in [-0.2, 0) is 0 Å². The number of aromatic nitrogens is 1. The third-order valence-electron chi connectivity index (χ3n) is 4.37. The molecule has 1 heterocycles. The summed E-state index contributed by atoms with van der Waals surface area (Å²) in [5, 5.41) is 6.64. The first-order chi connectivity index (χ1) is 12.1. The molecule has 0 spiro atoms. The Bertz CT molecular complexity index is 751. The number of halogens is 1. The summed E-state index contributed by atoms with van der Waals surface area (Å²) in [5.74, 6) is -0.233. The maximum Gasteiger partial charge on any atom is 0.251 e. The molecule has 3 rings (SSSR count). The zero-order valence-corrected chi connectivity index (χ0v) is 14.5. The SMILES string of the molecule is O=C(N[C@@H]1CCC[C@@H](NC(=O)c2cccc(Cl)c2)C1)c1ccncc1. The van der Waals surface area contributed by atoms with Crippen LogP contribution in [0, 0.1) is 0 Å². The fourth-order valence-electron chi connectivity index (χ4n) is 3.12. The highest BCUT2D eigenvalue weighted by Gasteiger charge is 2.25. The van der Waals surface area contributed by atoms with Crippen molar-refractivity contribution in [3.63, 3.8) is 0 Å². The molecule has 0 unspecified atom stereocenters. The molecule has 2 N–H and O–H groups in total. The maximum atomic E-state index is 12.4. The first-order valence-electron chi connectivity index (χ1n) is 8.39. The van der Waals surface area contributed by atoms with Gasteiger partial charge in [0.1, 0.15) is 0 Å². The summed E-state index contributed by atoms with van der Waals surface area (Å²) in [5.41, 5.74) is 1.15. The lowest BCUT2D eigenvalue weighted by molar-refractivity contribution is 0.0903. The molecule has 1 aliphatic carbocycles. The van der Waals surface area contributed by atoms with Gasteiger partial charge in [-0.05, 0) is 56.0 Å². The number of rotatable bonds is 4. The predicted molar refractivity (Wildman–Crippen MR) is 96.7 cm³/mol. The normalized spacial score (nSPS) is 19.9. The third kappa shape index (κ3) is 4.79. The molecule has 0 aliphatic heterocycles. The molecule has 1 saturated carbocycles. The Labute approximate surface area is 151 Å². The van der Waals surface area contributed by atoms with Gasteiger partial charge in [0.15, 0.2) is 0 Å². The first kappa shape index (κ1) is 17.4. The van der Waals surface area contributed by atoms with Gasteiger partial charge < -0.3 is 10.6 Å². The van der Waals surface area contributed by atoms with E-state index in [2.05, 4.69) is 15.6 Å². The molecule has 6 heteroatoms. The number of nitrogens with zero attached hydrogens (tertiary/aromatic N) is 1. The molecule has 1 aliphatic rings. The van der Waals surface area contributed by atoms with Gasteiger partial charge in [-0.2, -0.15) is 0 Å². The van der Waals surface area contributed by atoms with Gasteiger partial charge in [0.05, 0.1) is 0 Å². The summed E-state index contributed by atoms with van der Waals surface area (Å²) in [7, 11) is 0. The molecule has 1 aromatic carbocycles. The average molecular weight is 358 g/mol. The van der Waals surface area contributed by atoms with E-state index in [9.17, 15) is 9.59 Å². The van der Waals surface area contributed by atoms with Crippen molar-refractivity contribution in [1.29, 1.82) is 0 Å². The highest BCUT2D eigenvalue weighted by atomic mass is 35.5. The lowest BCUT2D eigenvalue weighted by Crippen LogP contribution is -2.45. The summed E-state index contributed by atoms with van der Waals surface area (Å²) in [4.78, 5) is 28.5. The molecule has 5 nitrogen and oxygen atoms in total. The van der Waals surface area contributed by atoms with Gasteiger partial charge in [-0.3, -0.25) is 14.6 Å². The Morgan fingerprint density at radius 2 is 1.60 bits per heavy atom. The molecule has 1 aromatic heterocycles. The topological polar surface area (TPSA) is 71.1 Å². The number of benzene rings is 1. The number of nitrogens with one attached hydrogen (secondary N) is 2. The fraction of sp³-hybridized carbons (Fsp3) is 0.316. The van der Waals surface area contributed by atoms with E-state index in [1.807, 2.05) is 0 Å². The fourth-order valence-corrected chi connectivity index (χ4v) is 3.31. The Hall–Kier alpha value is -2.40. The molecule has 2 aromatic rings. The van der Waals surface area contributed by atoms with Crippen LogP contribution in [0.1, 0.15) is 46.4 Å². The van der Waals surface area contributed by atoms with E-state index in [0.717, 1.165) is 25.7 Å². The van der Waals surface area contributed by atoms with Crippen molar-refractivity contribution in [2.24, 2.45) is 0 Å². The summed E-state index contributed by atoms with van der Waals surface area (Å²) in [6, 6.07) is 10.4. The summed E-state index contributed by atoms with van der Waals surface area (Å²) in [6.45, 7) is 0. The van der Waals surface area contributed by atoms with Crippen LogP contribution in [0.4, 0.5) is 0 Å². The van der Waals surface area contributed by atoms with E-state index < -0.39 is 0 Å². The molecule has 2 atom stereocenters. The second kappa shape index (κ2) is 8.12. The van der Waals surface area contributed by atoms with Crippen molar-refractivity contribution >= 4 is 23.4 Å². The number of carbonyl (C=O) groups is 2. The van der Waals surface area contributed by atoms with Crippen molar-refractivity contribution in [1.82, 2.24) is 15.6 Å². The summed E-state index contributed by atoms with van der Waals surface area (Å²) >= 11 is 5.94. The van der Waals surface area contributed by atoms with Gasteiger partial charge in [0.25, 0.3) is 11.8 Å². The zero-order valence-electron chi connectivity index (χ0n) is 13.7. The molecular weight excluding hydrogens is 338 g/mol. The molecule has 130 valence electrons. The maximum absolute atomic E-state index is 12.4. The van der Waals surface area contributed by atoms with Crippen molar-refractivity contribution in [2.45, 2.75) is 37.8 Å². The molecule has 1 fully saturated rings. The smallest absolute Gasteiger partial charge is 0.251 e. The number of pyridine rings is 1. The second-order valence-electron chi connectivity index (χ2n) is 6.25. The average Bonchev–Trinajstić information content (AvgIpc) is 2.63. The van der Waals surface area contributed by atoms with Crippen LogP contribution in [0.25, 0.3) is 0 Å². The minimum Gasteiger partial charge on any atom is -0.349 e. The van der Waals surface area contributed by atoms with Crippen LogP contribution in [0.2, 0.25) is 5.02 Å². The van der Waals surface area contributed by atoms with Gasteiger partial charge in [-0.25, -0.2) is 0 Å². The molecule has 25 heavy (non-hydrogen) atoms. The van der Waals surface area contributed by atoms with Crippen LogP contribution in [0.3, 0.4) is 0 Å². The summed E-state index contributed by atoms with van der Waals surface area (Å²) < 4.78 is 0. The highest BCUT2D eigenvalue weighted by molar-refractivity contribution is 6.30. The van der Waals surface area contributed by atoms with E-state index in [1.165, 1.54) is 0 Å².